The quantitative estimate of drug-likeness (QED) is 0.604. The summed E-state index contributed by atoms with van der Waals surface area (Å²) in [4.78, 5) is 0. The summed E-state index contributed by atoms with van der Waals surface area (Å²) in [5.74, 6) is -0.127. The summed E-state index contributed by atoms with van der Waals surface area (Å²) in [6.07, 6.45) is 8.45. The van der Waals surface area contributed by atoms with Crippen LogP contribution in [0.5, 0.6) is 0 Å². The molecule has 1 rings (SSSR count). The molecule has 1 unspecified atom stereocenters. The van der Waals surface area contributed by atoms with E-state index in [9.17, 15) is 4.39 Å². The van der Waals surface area contributed by atoms with Crippen LogP contribution in [0.1, 0.15) is 57.9 Å². The predicted molar refractivity (Wildman–Crippen MR) is 80.9 cm³/mol. The molecule has 0 aromatic heterocycles. The second-order valence-electron chi connectivity index (χ2n) is 5.33. The van der Waals surface area contributed by atoms with Crippen LogP contribution >= 0.6 is 0 Å². The zero-order valence-electron chi connectivity index (χ0n) is 12.4. The van der Waals surface area contributed by atoms with Crippen molar-refractivity contribution in [2.75, 3.05) is 6.54 Å². The van der Waals surface area contributed by atoms with E-state index in [0.29, 0.717) is 6.04 Å². The maximum atomic E-state index is 13.2. The van der Waals surface area contributed by atoms with Gasteiger partial charge in [0, 0.05) is 6.04 Å². The van der Waals surface area contributed by atoms with E-state index in [1.165, 1.54) is 38.2 Å². The van der Waals surface area contributed by atoms with Gasteiger partial charge in [-0.3, -0.25) is 0 Å². The molecule has 0 aliphatic heterocycles. The highest BCUT2D eigenvalue weighted by Gasteiger charge is 2.09. The topological polar surface area (TPSA) is 12.0 Å². The molecule has 0 radical (unpaired) electrons. The van der Waals surface area contributed by atoms with Crippen LogP contribution in [0.4, 0.5) is 4.39 Å². The Hall–Kier alpha value is -0.890. The van der Waals surface area contributed by atoms with E-state index in [-0.39, 0.29) is 5.82 Å². The fourth-order valence-electron chi connectivity index (χ4n) is 2.39. The molecule has 0 saturated heterocycles. The van der Waals surface area contributed by atoms with Gasteiger partial charge < -0.3 is 5.32 Å². The van der Waals surface area contributed by atoms with Gasteiger partial charge in [0.2, 0.25) is 0 Å². The largest absolute Gasteiger partial charge is 0.314 e. The van der Waals surface area contributed by atoms with Gasteiger partial charge in [-0.2, -0.15) is 0 Å². The Labute approximate surface area is 117 Å². The molecule has 19 heavy (non-hydrogen) atoms. The van der Waals surface area contributed by atoms with Gasteiger partial charge in [0.05, 0.1) is 0 Å². The molecule has 1 aromatic carbocycles. The molecule has 108 valence electrons. The summed E-state index contributed by atoms with van der Waals surface area (Å²) in [6.45, 7) is 5.47. The maximum Gasteiger partial charge on any atom is 0.123 e. The third-order valence-electron chi connectivity index (χ3n) is 3.46. The molecule has 0 spiro atoms. The summed E-state index contributed by atoms with van der Waals surface area (Å²) in [5.41, 5.74) is 1.10. The highest BCUT2D eigenvalue weighted by molar-refractivity contribution is 5.17. The van der Waals surface area contributed by atoms with Crippen molar-refractivity contribution in [1.82, 2.24) is 5.32 Å². The second kappa shape index (κ2) is 9.96. The van der Waals surface area contributed by atoms with Crippen molar-refractivity contribution in [1.29, 1.82) is 0 Å². The van der Waals surface area contributed by atoms with E-state index in [4.69, 9.17) is 0 Å². The molecule has 0 bridgehead atoms. The zero-order chi connectivity index (χ0) is 13.9. The van der Waals surface area contributed by atoms with Crippen molar-refractivity contribution in [3.05, 3.63) is 35.6 Å². The first kappa shape index (κ1) is 16.2. The first-order valence-corrected chi connectivity index (χ1v) is 7.74. The van der Waals surface area contributed by atoms with Crippen LogP contribution in [0.15, 0.2) is 24.3 Å². The predicted octanol–water partition coefficient (Wildman–Crippen LogP) is 4.71. The van der Waals surface area contributed by atoms with E-state index >= 15 is 0 Å². The number of benzene rings is 1. The Kier molecular flexibility index (Phi) is 8.48. The van der Waals surface area contributed by atoms with E-state index in [0.717, 1.165) is 24.9 Å². The lowest BCUT2D eigenvalue weighted by Crippen LogP contribution is -2.31. The average Bonchev–Trinajstić information content (AvgIpc) is 2.40. The molecule has 0 saturated carbocycles. The Morgan fingerprint density at radius 1 is 1.11 bits per heavy atom. The molecule has 1 N–H and O–H groups in total. The minimum absolute atomic E-state index is 0.127. The van der Waals surface area contributed by atoms with Crippen molar-refractivity contribution in [3.8, 4) is 0 Å². The first-order chi connectivity index (χ1) is 9.26. The van der Waals surface area contributed by atoms with Crippen LogP contribution in [0.2, 0.25) is 0 Å². The minimum Gasteiger partial charge on any atom is -0.314 e. The Balaban J connectivity index is 2.43. The summed E-state index contributed by atoms with van der Waals surface area (Å²) in [6, 6.07) is 7.49. The van der Waals surface area contributed by atoms with Crippen LogP contribution in [-0.2, 0) is 6.42 Å². The molecule has 0 aliphatic rings. The fraction of sp³-hybridized carbons (Fsp3) is 0.647. The van der Waals surface area contributed by atoms with Crippen LogP contribution in [0, 0.1) is 5.82 Å². The standard InChI is InChI=1S/C17H28FN/c1-3-5-6-7-11-17(19-12-4-2)14-15-9-8-10-16(18)13-15/h8-10,13,17,19H,3-7,11-12,14H2,1-2H3. The third-order valence-corrected chi connectivity index (χ3v) is 3.46. The molecule has 1 atom stereocenters. The Bertz CT molecular complexity index is 338. The van der Waals surface area contributed by atoms with Crippen LogP contribution < -0.4 is 5.32 Å². The van der Waals surface area contributed by atoms with Crippen LogP contribution in [0.25, 0.3) is 0 Å². The summed E-state index contributed by atoms with van der Waals surface area (Å²) in [7, 11) is 0. The lowest BCUT2D eigenvalue weighted by Gasteiger charge is -2.18. The van der Waals surface area contributed by atoms with Gasteiger partial charge in [-0.25, -0.2) is 4.39 Å². The van der Waals surface area contributed by atoms with E-state index in [1.807, 2.05) is 6.07 Å². The van der Waals surface area contributed by atoms with Crippen LogP contribution in [0.3, 0.4) is 0 Å². The van der Waals surface area contributed by atoms with E-state index < -0.39 is 0 Å². The van der Waals surface area contributed by atoms with Gasteiger partial charge in [0.25, 0.3) is 0 Å². The van der Waals surface area contributed by atoms with Gasteiger partial charge in [0.1, 0.15) is 5.82 Å². The maximum absolute atomic E-state index is 13.2. The molecular formula is C17H28FN. The molecule has 1 nitrogen and oxygen atoms in total. The highest BCUT2D eigenvalue weighted by atomic mass is 19.1. The molecule has 1 aromatic rings. The number of nitrogens with one attached hydrogen (secondary N) is 1. The van der Waals surface area contributed by atoms with Gasteiger partial charge in [-0.05, 0) is 43.5 Å². The number of unbranched alkanes of at least 4 members (excludes halogenated alkanes) is 3. The fourth-order valence-corrected chi connectivity index (χ4v) is 2.39. The number of hydrogen-bond donors (Lipinski definition) is 1. The van der Waals surface area contributed by atoms with Crippen molar-refractivity contribution >= 4 is 0 Å². The third kappa shape index (κ3) is 7.31. The minimum atomic E-state index is -0.127. The Morgan fingerprint density at radius 3 is 2.63 bits per heavy atom. The smallest absolute Gasteiger partial charge is 0.123 e. The average molecular weight is 265 g/mol. The van der Waals surface area contributed by atoms with Gasteiger partial charge in [0.15, 0.2) is 0 Å². The van der Waals surface area contributed by atoms with Crippen LogP contribution in [-0.4, -0.2) is 12.6 Å². The lowest BCUT2D eigenvalue weighted by molar-refractivity contribution is 0.452. The molecule has 0 heterocycles. The first-order valence-electron chi connectivity index (χ1n) is 7.74. The Morgan fingerprint density at radius 2 is 1.95 bits per heavy atom. The monoisotopic (exact) mass is 265 g/mol. The normalized spacial score (nSPS) is 12.6. The molecule has 0 amide bonds. The summed E-state index contributed by atoms with van der Waals surface area (Å²) in [5, 5.41) is 3.59. The number of hydrogen-bond acceptors (Lipinski definition) is 1. The molecular weight excluding hydrogens is 237 g/mol. The van der Waals surface area contributed by atoms with E-state index in [1.54, 1.807) is 12.1 Å². The highest BCUT2D eigenvalue weighted by Crippen LogP contribution is 2.12. The molecule has 0 fully saturated rings. The van der Waals surface area contributed by atoms with Crippen molar-refractivity contribution in [3.63, 3.8) is 0 Å². The van der Waals surface area contributed by atoms with Crippen molar-refractivity contribution in [2.45, 2.75) is 64.8 Å². The van der Waals surface area contributed by atoms with Crippen molar-refractivity contribution in [2.24, 2.45) is 0 Å². The summed E-state index contributed by atoms with van der Waals surface area (Å²) < 4.78 is 13.2. The lowest BCUT2D eigenvalue weighted by atomic mass is 10.00. The number of halogens is 1. The van der Waals surface area contributed by atoms with Gasteiger partial charge >= 0.3 is 0 Å². The van der Waals surface area contributed by atoms with Gasteiger partial charge in [-0.15, -0.1) is 0 Å². The molecule has 0 aliphatic carbocycles. The second-order valence-corrected chi connectivity index (χ2v) is 5.33. The van der Waals surface area contributed by atoms with Gasteiger partial charge in [-0.1, -0.05) is 51.7 Å². The SMILES string of the molecule is CCCCCCC(Cc1cccc(F)c1)NCCC. The van der Waals surface area contributed by atoms with E-state index in [2.05, 4.69) is 19.2 Å². The number of rotatable bonds is 10. The zero-order valence-corrected chi connectivity index (χ0v) is 12.4. The molecule has 2 heteroatoms. The summed E-state index contributed by atoms with van der Waals surface area (Å²) >= 11 is 0. The van der Waals surface area contributed by atoms with Crippen molar-refractivity contribution < 1.29 is 4.39 Å².